The van der Waals surface area contributed by atoms with E-state index in [-0.39, 0.29) is 12.2 Å². The fourth-order valence-corrected chi connectivity index (χ4v) is 1.47. The summed E-state index contributed by atoms with van der Waals surface area (Å²) in [6, 6.07) is 0. The summed E-state index contributed by atoms with van der Waals surface area (Å²) in [6.45, 7) is 1.46. The molecule has 0 bridgehead atoms. The van der Waals surface area contributed by atoms with Gasteiger partial charge < -0.3 is 4.79 Å². The summed E-state index contributed by atoms with van der Waals surface area (Å²) in [7, 11) is 0. The third-order valence-electron chi connectivity index (χ3n) is 2.59. The van der Waals surface area contributed by atoms with Gasteiger partial charge in [-0.05, 0) is 43.8 Å². The highest BCUT2D eigenvalue weighted by Gasteiger charge is 2.01. The average Bonchev–Trinajstić information content (AvgIpc) is 2.40. The number of rotatable bonds is 11. The first-order chi connectivity index (χ1) is 9.13. The lowest BCUT2D eigenvalue weighted by molar-refractivity contribution is -0.116. The second-order valence-corrected chi connectivity index (χ2v) is 4.30. The Morgan fingerprint density at radius 1 is 0.895 bits per heavy atom. The maximum Gasteiger partial charge on any atom is 0.145 e. The minimum absolute atomic E-state index is 0.000587. The van der Waals surface area contributed by atoms with Gasteiger partial charge in [-0.1, -0.05) is 12.2 Å². The van der Waals surface area contributed by atoms with E-state index in [0.717, 1.165) is 25.3 Å². The van der Waals surface area contributed by atoms with Crippen LogP contribution in [0.5, 0.6) is 0 Å². The quantitative estimate of drug-likeness (QED) is 0.326. The molecule has 0 fully saturated rings. The van der Waals surface area contributed by atoms with E-state index in [9.17, 15) is 19.2 Å². The topological polar surface area (TPSA) is 68.3 Å². The summed E-state index contributed by atoms with van der Waals surface area (Å²) in [5, 5.41) is 0. The molecule has 0 aliphatic rings. The number of allylic oxidation sites excluding steroid dienone is 4. The molecule has 0 heterocycles. The average molecular weight is 264 g/mol. The van der Waals surface area contributed by atoms with Gasteiger partial charge in [-0.25, -0.2) is 0 Å². The van der Waals surface area contributed by atoms with E-state index in [1.54, 1.807) is 12.2 Å². The molecular weight excluding hydrogens is 244 g/mol. The van der Waals surface area contributed by atoms with Crippen molar-refractivity contribution in [3.63, 3.8) is 0 Å². The lowest BCUT2D eigenvalue weighted by Gasteiger charge is -2.01. The fourth-order valence-electron chi connectivity index (χ4n) is 1.47. The van der Waals surface area contributed by atoms with Gasteiger partial charge in [0.05, 0.1) is 0 Å². The van der Waals surface area contributed by atoms with Crippen LogP contribution in [-0.4, -0.2) is 24.6 Å². The molecule has 0 saturated carbocycles. The number of ketones is 1. The Labute approximate surface area is 113 Å². The van der Waals surface area contributed by atoms with Crippen molar-refractivity contribution >= 4 is 24.6 Å². The van der Waals surface area contributed by atoms with E-state index in [2.05, 4.69) is 0 Å². The zero-order valence-electron chi connectivity index (χ0n) is 11.3. The summed E-state index contributed by atoms with van der Waals surface area (Å²) in [5.41, 5.74) is 1.16. The van der Waals surface area contributed by atoms with Gasteiger partial charge in [0.25, 0.3) is 0 Å². The van der Waals surface area contributed by atoms with Gasteiger partial charge in [0.2, 0.25) is 0 Å². The van der Waals surface area contributed by atoms with E-state index < -0.39 is 0 Å². The summed E-state index contributed by atoms with van der Waals surface area (Å²) in [5.74, 6) is -0.000587. The lowest BCUT2D eigenvalue weighted by Crippen LogP contribution is -1.93. The second-order valence-electron chi connectivity index (χ2n) is 4.30. The molecule has 0 unspecified atom stereocenters. The van der Waals surface area contributed by atoms with Crippen molar-refractivity contribution in [2.45, 2.75) is 45.4 Å². The highest BCUT2D eigenvalue weighted by molar-refractivity contribution is 5.80. The summed E-state index contributed by atoms with van der Waals surface area (Å²) < 4.78 is 0. The molecule has 0 aromatic heterocycles. The molecule has 0 spiro atoms. The van der Waals surface area contributed by atoms with Crippen LogP contribution in [0.4, 0.5) is 0 Å². The van der Waals surface area contributed by atoms with Gasteiger partial charge in [-0.3, -0.25) is 14.4 Å². The summed E-state index contributed by atoms with van der Waals surface area (Å²) in [4.78, 5) is 42.6. The smallest absolute Gasteiger partial charge is 0.145 e. The van der Waals surface area contributed by atoms with Gasteiger partial charge in [0.1, 0.15) is 24.6 Å². The Kier molecular flexibility index (Phi) is 10.2. The van der Waals surface area contributed by atoms with Crippen LogP contribution in [-0.2, 0) is 19.2 Å². The molecule has 0 aliphatic heterocycles. The second kappa shape index (κ2) is 11.3. The molecule has 0 N–H and O–H groups in total. The zero-order valence-corrected chi connectivity index (χ0v) is 11.3. The summed E-state index contributed by atoms with van der Waals surface area (Å²) in [6.07, 6.45) is 8.81. The van der Waals surface area contributed by atoms with Crippen LogP contribution in [0.2, 0.25) is 0 Å². The standard InChI is InChI=1S/C15H20O4/c1-13(19)6-7-15(12-18)9-8-14(11-17)5-3-2-4-10-16/h5,7,10-12H,2-4,6,8-9H2,1H3/b14-5?,15-7-. The van der Waals surface area contributed by atoms with Crippen molar-refractivity contribution in [2.24, 2.45) is 0 Å². The van der Waals surface area contributed by atoms with Crippen LogP contribution < -0.4 is 0 Å². The molecule has 4 heteroatoms. The number of carbonyl (C=O) groups excluding carboxylic acids is 4. The SMILES string of the molecule is CC(=O)C/C=C(\C=O)CCC(C=O)=CCCCC=O. The van der Waals surface area contributed by atoms with Crippen LogP contribution in [0.3, 0.4) is 0 Å². The number of carbonyl (C=O) groups is 4. The molecule has 0 aliphatic carbocycles. The molecule has 4 nitrogen and oxygen atoms in total. The minimum atomic E-state index is -0.000587. The molecule has 0 amide bonds. The van der Waals surface area contributed by atoms with E-state index in [4.69, 9.17) is 0 Å². The Morgan fingerprint density at radius 2 is 1.47 bits per heavy atom. The van der Waals surface area contributed by atoms with Crippen LogP contribution >= 0.6 is 0 Å². The van der Waals surface area contributed by atoms with Crippen molar-refractivity contribution in [2.75, 3.05) is 0 Å². The van der Waals surface area contributed by atoms with Crippen LogP contribution in [0.1, 0.15) is 45.4 Å². The Balaban J connectivity index is 4.26. The van der Waals surface area contributed by atoms with Crippen LogP contribution in [0.25, 0.3) is 0 Å². The van der Waals surface area contributed by atoms with Gasteiger partial charge in [0, 0.05) is 12.8 Å². The monoisotopic (exact) mass is 264 g/mol. The molecule has 19 heavy (non-hydrogen) atoms. The maximum absolute atomic E-state index is 10.8. The molecule has 0 aromatic rings. The number of hydrogen-bond acceptors (Lipinski definition) is 4. The molecule has 104 valence electrons. The third-order valence-corrected chi connectivity index (χ3v) is 2.59. The maximum atomic E-state index is 10.8. The largest absolute Gasteiger partial charge is 0.303 e. The van der Waals surface area contributed by atoms with Gasteiger partial charge in [-0.15, -0.1) is 0 Å². The van der Waals surface area contributed by atoms with E-state index in [1.807, 2.05) is 0 Å². The predicted molar refractivity (Wildman–Crippen MR) is 72.7 cm³/mol. The lowest BCUT2D eigenvalue weighted by atomic mass is 10.0. The van der Waals surface area contributed by atoms with Crippen molar-refractivity contribution < 1.29 is 19.2 Å². The number of Topliss-reactive ketones (excluding diaryl/α,β-unsaturated/α-hetero) is 1. The first-order valence-corrected chi connectivity index (χ1v) is 6.35. The molecule has 0 saturated heterocycles. The molecule has 0 radical (unpaired) electrons. The minimum Gasteiger partial charge on any atom is -0.303 e. The Bertz CT molecular complexity index is 378. The normalized spacial score (nSPS) is 12.1. The van der Waals surface area contributed by atoms with Gasteiger partial charge >= 0.3 is 0 Å². The highest BCUT2D eigenvalue weighted by atomic mass is 16.1. The first kappa shape index (κ1) is 17.2. The van der Waals surface area contributed by atoms with Crippen LogP contribution in [0, 0.1) is 0 Å². The predicted octanol–water partition coefficient (Wildman–Crippen LogP) is 2.37. The third kappa shape index (κ3) is 9.83. The first-order valence-electron chi connectivity index (χ1n) is 6.35. The number of unbranched alkanes of at least 4 members (excludes halogenated alkanes) is 2. The van der Waals surface area contributed by atoms with Crippen molar-refractivity contribution in [1.29, 1.82) is 0 Å². The van der Waals surface area contributed by atoms with Crippen LogP contribution in [0.15, 0.2) is 23.3 Å². The van der Waals surface area contributed by atoms with E-state index in [0.29, 0.717) is 36.8 Å². The van der Waals surface area contributed by atoms with E-state index in [1.165, 1.54) is 6.92 Å². The molecular formula is C15H20O4. The molecule has 0 rings (SSSR count). The van der Waals surface area contributed by atoms with Crippen molar-refractivity contribution in [1.82, 2.24) is 0 Å². The highest BCUT2D eigenvalue weighted by Crippen LogP contribution is 2.11. The van der Waals surface area contributed by atoms with Gasteiger partial charge in [-0.2, -0.15) is 0 Å². The fraction of sp³-hybridized carbons (Fsp3) is 0.467. The number of aldehydes is 3. The summed E-state index contributed by atoms with van der Waals surface area (Å²) >= 11 is 0. The van der Waals surface area contributed by atoms with E-state index >= 15 is 0 Å². The Hall–Kier alpha value is -1.84. The van der Waals surface area contributed by atoms with Crippen molar-refractivity contribution in [3.05, 3.63) is 23.3 Å². The van der Waals surface area contributed by atoms with Crippen molar-refractivity contribution in [3.8, 4) is 0 Å². The molecule has 0 atom stereocenters. The Morgan fingerprint density at radius 3 is 1.95 bits per heavy atom. The number of hydrogen-bond donors (Lipinski definition) is 0. The molecule has 0 aromatic carbocycles. The van der Waals surface area contributed by atoms with Gasteiger partial charge in [0.15, 0.2) is 0 Å². The zero-order chi connectivity index (χ0) is 14.5.